The number of rotatable bonds is 6. The predicted molar refractivity (Wildman–Crippen MR) is 107 cm³/mol. The second kappa shape index (κ2) is 8.74. The molecule has 26 heavy (non-hydrogen) atoms. The standard InChI is InChI=1S/C20H31N5O/c1-20(2,3)17-9-7-8-10-18(17)26-12-11-22-19(21-4)24(5)14-16-13-23-25(6)15-16/h7-10,13,15H,11-12,14H2,1-6H3,(H,21,22). The van der Waals surface area contributed by atoms with E-state index in [1.54, 1.807) is 11.7 Å². The highest BCUT2D eigenvalue weighted by atomic mass is 16.5. The minimum Gasteiger partial charge on any atom is -0.491 e. The van der Waals surface area contributed by atoms with E-state index >= 15 is 0 Å². The summed E-state index contributed by atoms with van der Waals surface area (Å²) in [5.41, 5.74) is 2.43. The summed E-state index contributed by atoms with van der Waals surface area (Å²) >= 11 is 0. The van der Waals surface area contributed by atoms with Gasteiger partial charge in [-0.15, -0.1) is 0 Å². The average molecular weight is 358 g/mol. The molecule has 0 unspecified atom stereocenters. The Balaban J connectivity index is 1.85. The lowest BCUT2D eigenvalue weighted by Gasteiger charge is -2.24. The number of aromatic nitrogens is 2. The first kappa shape index (κ1) is 19.8. The van der Waals surface area contributed by atoms with Gasteiger partial charge in [0.15, 0.2) is 5.96 Å². The molecule has 0 aliphatic rings. The van der Waals surface area contributed by atoms with E-state index in [0.717, 1.165) is 23.8 Å². The molecule has 0 radical (unpaired) electrons. The summed E-state index contributed by atoms with van der Waals surface area (Å²) in [4.78, 5) is 6.41. The van der Waals surface area contributed by atoms with Gasteiger partial charge in [0.25, 0.3) is 0 Å². The fourth-order valence-corrected chi connectivity index (χ4v) is 2.82. The largest absolute Gasteiger partial charge is 0.491 e. The lowest BCUT2D eigenvalue weighted by molar-refractivity contribution is 0.310. The lowest BCUT2D eigenvalue weighted by Crippen LogP contribution is -2.40. The molecular formula is C20H31N5O. The summed E-state index contributed by atoms with van der Waals surface area (Å²) in [5, 5.41) is 7.55. The van der Waals surface area contributed by atoms with Gasteiger partial charge in [0.05, 0.1) is 12.7 Å². The zero-order chi connectivity index (χ0) is 19.2. The second-order valence-electron chi connectivity index (χ2n) is 7.45. The summed E-state index contributed by atoms with van der Waals surface area (Å²) < 4.78 is 7.82. The fraction of sp³-hybridized carbons (Fsp3) is 0.500. The number of aliphatic imine (C=N–C) groups is 1. The van der Waals surface area contributed by atoms with E-state index < -0.39 is 0 Å². The van der Waals surface area contributed by atoms with E-state index in [1.165, 1.54) is 5.56 Å². The molecule has 1 aromatic carbocycles. The molecule has 0 saturated heterocycles. The van der Waals surface area contributed by atoms with Crippen LogP contribution in [-0.4, -0.2) is 47.9 Å². The molecule has 0 spiro atoms. The molecule has 0 atom stereocenters. The van der Waals surface area contributed by atoms with Crippen molar-refractivity contribution in [1.29, 1.82) is 0 Å². The Bertz CT molecular complexity index is 730. The third kappa shape index (κ3) is 5.51. The van der Waals surface area contributed by atoms with Gasteiger partial charge < -0.3 is 15.0 Å². The number of hydrogen-bond acceptors (Lipinski definition) is 3. The van der Waals surface area contributed by atoms with Gasteiger partial charge in [-0.05, 0) is 17.0 Å². The Morgan fingerprint density at radius 2 is 2.04 bits per heavy atom. The number of aryl methyl sites for hydroxylation is 1. The Labute approximate surface area is 156 Å². The monoisotopic (exact) mass is 357 g/mol. The van der Waals surface area contributed by atoms with Crippen LogP contribution < -0.4 is 10.1 Å². The molecule has 6 nitrogen and oxygen atoms in total. The van der Waals surface area contributed by atoms with Crippen LogP contribution in [0, 0.1) is 0 Å². The van der Waals surface area contributed by atoms with Gasteiger partial charge in [0.1, 0.15) is 12.4 Å². The van der Waals surface area contributed by atoms with E-state index in [2.05, 4.69) is 53.2 Å². The molecule has 1 N–H and O–H groups in total. The summed E-state index contributed by atoms with van der Waals surface area (Å²) in [6, 6.07) is 8.23. The molecule has 0 aliphatic heterocycles. The van der Waals surface area contributed by atoms with Gasteiger partial charge >= 0.3 is 0 Å². The molecule has 1 heterocycles. The van der Waals surface area contributed by atoms with Crippen LogP contribution in [0.25, 0.3) is 0 Å². The quantitative estimate of drug-likeness (QED) is 0.491. The number of hydrogen-bond donors (Lipinski definition) is 1. The van der Waals surface area contributed by atoms with E-state index in [0.29, 0.717) is 13.2 Å². The van der Waals surface area contributed by atoms with Crippen LogP contribution in [0.15, 0.2) is 41.7 Å². The van der Waals surface area contributed by atoms with Crippen LogP contribution in [-0.2, 0) is 19.0 Å². The lowest BCUT2D eigenvalue weighted by atomic mass is 9.86. The van der Waals surface area contributed by atoms with Gasteiger partial charge in [0.2, 0.25) is 0 Å². The molecule has 6 heteroatoms. The van der Waals surface area contributed by atoms with Crippen molar-refractivity contribution < 1.29 is 4.74 Å². The Hall–Kier alpha value is -2.50. The first-order valence-electron chi connectivity index (χ1n) is 8.93. The van der Waals surface area contributed by atoms with Crippen LogP contribution in [0.2, 0.25) is 0 Å². The molecule has 0 aliphatic carbocycles. The van der Waals surface area contributed by atoms with Crippen LogP contribution in [0.5, 0.6) is 5.75 Å². The van der Waals surface area contributed by atoms with Gasteiger partial charge in [-0.25, -0.2) is 0 Å². The van der Waals surface area contributed by atoms with Crippen molar-refractivity contribution in [2.45, 2.75) is 32.7 Å². The Morgan fingerprint density at radius 3 is 2.65 bits per heavy atom. The highest BCUT2D eigenvalue weighted by Crippen LogP contribution is 2.30. The topological polar surface area (TPSA) is 54.7 Å². The van der Waals surface area contributed by atoms with E-state index in [4.69, 9.17) is 4.74 Å². The van der Waals surface area contributed by atoms with Crippen LogP contribution in [0.3, 0.4) is 0 Å². The summed E-state index contributed by atoms with van der Waals surface area (Å²) in [6.45, 7) is 8.60. The maximum Gasteiger partial charge on any atom is 0.193 e. The van der Waals surface area contributed by atoms with Crippen molar-refractivity contribution in [2.75, 3.05) is 27.2 Å². The number of para-hydroxylation sites is 1. The van der Waals surface area contributed by atoms with Gasteiger partial charge in [-0.2, -0.15) is 5.10 Å². The maximum absolute atomic E-state index is 6.01. The zero-order valence-electron chi connectivity index (χ0n) is 16.8. The zero-order valence-corrected chi connectivity index (χ0v) is 16.8. The number of benzene rings is 1. The van der Waals surface area contributed by atoms with Gasteiger partial charge in [-0.1, -0.05) is 39.0 Å². The molecule has 2 rings (SSSR count). The highest BCUT2D eigenvalue weighted by molar-refractivity contribution is 5.79. The first-order chi connectivity index (χ1) is 12.3. The normalized spacial score (nSPS) is 12.2. The van der Waals surface area contributed by atoms with Crippen molar-refractivity contribution >= 4 is 5.96 Å². The second-order valence-corrected chi connectivity index (χ2v) is 7.45. The number of nitrogens with zero attached hydrogens (tertiary/aromatic N) is 4. The number of ether oxygens (including phenoxy) is 1. The van der Waals surface area contributed by atoms with Crippen LogP contribution in [0.4, 0.5) is 0 Å². The molecule has 0 amide bonds. The smallest absolute Gasteiger partial charge is 0.193 e. The highest BCUT2D eigenvalue weighted by Gasteiger charge is 2.18. The minimum atomic E-state index is 0.0595. The van der Waals surface area contributed by atoms with Crippen molar-refractivity contribution in [3.63, 3.8) is 0 Å². The van der Waals surface area contributed by atoms with E-state index in [-0.39, 0.29) is 5.41 Å². The fourth-order valence-electron chi connectivity index (χ4n) is 2.82. The number of guanidine groups is 1. The average Bonchev–Trinajstić information content (AvgIpc) is 2.99. The van der Waals surface area contributed by atoms with Gasteiger partial charge in [-0.3, -0.25) is 9.67 Å². The van der Waals surface area contributed by atoms with Crippen molar-refractivity contribution in [1.82, 2.24) is 20.0 Å². The SMILES string of the molecule is CN=C(NCCOc1ccccc1C(C)(C)C)N(C)Cc1cnn(C)c1. The van der Waals surface area contributed by atoms with Crippen molar-refractivity contribution in [2.24, 2.45) is 12.0 Å². The molecule has 2 aromatic rings. The molecule has 1 aromatic heterocycles. The number of nitrogens with one attached hydrogen (secondary N) is 1. The molecular weight excluding hydrogens is 326 g/mol. The van der Waals surface area contributed by atoms with E-state index in [9.17, 15) is 0 Å². The molecule has 0 bridgehead atoms. The molecule has 142 valence electrons. The van der Waals surface area contributed by atoms with Gasteiger partial charge in [0, 0.05) is 39.4 Å². The summed E-state index contributed by atoms with van der Waals surface area (Å²) in [7, 11) is 5.72. The van der Waals surface area contributed by atoms with Crippen LogP contribution >= 0.6 is 0 Å². The minimum absolute atomic E-state index is 0.0595. The van der Waals surface area contributed by atoms with E-state index in [1.807, 2.05) is 38.6 Å². The predicted octanol–water partition coefficient (Wildman–Crippen LogP) is 2.80. The Morgan fingerprint density at radius 1 is 1.31 bits per heavy atom. The van der Waals surface area contributed by atoms with Crippen molar-refractivity contribution in [3.05, 3.63) is 47.8 Å². The Kier molecular flexibility index (Phi) is 6.66. The summed E-state index contributed by atoms with van der Waals surface area (Å²) in [5.74, 6) is 1.78. The molecule has 0 fully saturated rings. The third-order valence-corrected chi connectivity index (χ3v) is 4.09. The summed E-state index contributed by atoms with van der Waals surface area (Å²) in [6.07, 6.45) is 3.88. The van der Waals surface area contributed by atoms with Crippen molar-refractivity contribution in [3.8, 4) is 5.75 Å². The molecule has 0 saturated carbocycles. The maximum atomic E-state index is 6.01. The van der Waals surface area contributed by atoms with Crippen LogP contribution in [0.1, 0.15) is 31.9 Å². The first-order valence-corrected chi connectivity index (χ1v) is 8.93. The third-order valence-electron chi connectivity index (χ3n) is 4.09.